The number of rotatable bonds is 10. The smallest absolute Gasteiger partial charge is 0.301 e. The van der Waals surface area contributed by atoms with Crippen molar-refractivity contribution in [3.8, 4) is 33.4 Å². The Bertz CT molecular complexity index is 3720. The molecule has 1 unspecified atom stereocenters. The quantitative estimate of drug-likeness (QED) is 0.128. The molecular formula is C67H48N3OP. The van der Waals surface area contributed by atoms with Crippen LogP contribution in [0.15, 0.2) is 291 Å². The molecule has 11 aromatic rings. The molecule has 0 amide bonds. The highest BCUT2D eigenvalue weighted by molar-refractivity contribution is 7.76. The number of benzene rings is 11. The van der Waals surface area contributed by atoms with E-state index in [1.807, 2.05) is 78.9 Å². The molecule has 0 spiro atoms. The van der Waals surface area contributed by atoms with E-state index in [1.54, 1.807) is 0 Å². The van der Waals surface area contributed by atoms with E-state index in [0.29, 0.717) is 0 Å². The Morgan fingerprint density at radius 1 is 0.319 bits per heavy atom. The SMILES string of the molecule is O=P1(c2ccccc2)N(c2ccccc2)c2ccc(-c3ccc(N(c4ccc(-c5ccccc5)cc4)c4ccc5c(c4)C(c4ccccc4)(c4ccccc4)c4ccccc4-5)cc3)cc2N1c1ccccc1. The van der Waals surface area contributed by atoms with Crippen molar-refractivity contribution in [2.45, 2.75) is 5.41 Å². The topological polar surface area (TPSA) is 26.8 Å². The first-order chi connectivity index (χ1) is 35.6. The molecule has 0 fully saturated rings. The van der Waals surface area contributed by atoms with E-state index in [4.69, 9.17) is 0 Å². The van der Waals surface area contributed by atoms with Crippen molar-refractivity contribution in [2.24, 2.45) is 0 Å². The second kappa shape index (κ2) is 17.8. The third-order valence-electron chi connectivity index (χ3n) is 14.5. The lowest BCUT2D eigenvalue weighted by Gasteiger charge is -2.35. The minimum atomic E-state index is -3.51. The number of hydrogen-bond acceptors (Lipinski definition) is 2. The maximum absolute atomic E-state index is 16.3. The Kier molecular flexibility index (Phi) is 10.6. The second-order valence-electron chi connectivity index (χ2n) is 18.4. The van der Waals surface area contributed by atoms with Gasteiger partial charge in [0.05, 0.1) is 22.1 Å². The zero-order valence-corrected chi connectivity index (χ0v) is 40.3. The van der Waals surface area contributed by atoms with Crippen LogP contribution in [-0.2, 0) is 9.98 Å². The van der Waals surface area contributed by atoms with Gasteiger partial charge in [-0.1, -0.05) is 206 Å². The average Bonchev–Trinajstić information content (AvgIpc) is 3.91. The van der Waals surface area contributed by atoms with Gasteiger partial charge in [0.1, 0.15) is 0 Å². The lowest BCUT2D eigenvalue weighted by molar-refractivity contribution is 0.582. The average molecular weight is 942 g/mol. The molecule has 342 valence electrons. The summed E-state index contributed by atoms with van der Waals surface area (Å²) in [7, 11) is -3.51. The monoisotopic (exact) mass is 941 g/mol. The minimum absolute atomic E-state index is 0.543. The lowest BCUT2D eigenvalue weighted by atomic mass is 9.67. The molecule has 0 saturated heterocycles. The van der Waals surface area contributed by atoms with Crippen LogP contribution in [0.25, 0.3) is 33.4 Å². The first-order valence-electron chi connectivity index (χ1n) is 24.5. The van der Waals surface area contributed by atoms with Crippen LogP contribution in [-0.4, -0.2) is 0 Å². The molecule has 0 saturated carbocycles. The summed E-state index contributed by atoms with van der Waals surface area (Å²) in [4.78, 5) is 2.39. The van der Waals surface area contributed by atoms with Crippen LogP contribution in [0.1, 0.15) is 22.3 Å². The van der Waals surface area contributed by atoms with Gasteiger partial charge in [0.25, 0.3) is 0 Å². The maximum atomic E-state index is 16.3. The van der Waals surface area contributed by atoms with Crippen LogP contribution in [0.4, 0.5) is 39.8 Å². The molecule has 0 bridgehead atoms. The highest BCUT2D eigenvalue weighted by Gasteiger charge is 2.49. The summed E-state index contributed by atoms with van der Waals surface area (Å²) in [5, 5.41) is 0.761. The van der Waals surface area contributed by atoms with Crippen LogP contribution >= 0.6 is 7.44 Å². The van der Waals surface area contributed by atoms with Crippen LogP contribution in [0.2, 0.25) is 0 Å². The molecule has 1 atom stereocenters. The second-order valence-corrected chi connectivity index (χ2v) is 20.8. The van der Waals surface area contributed by atoms with Gasteiger partial charge in [-0.25, -0.2) is 0 Å². The largest absolute Gasteiger partial charge is 0.310 e. The van der Waals surface area contributed by atoms with Crippen molar-refractivity contribution >= 4 is 52.6 Å². The molecule has 4 nitrogen and oxygen atoms in total. The molecule has 13 rings (SSSR count). The zero-order chi connectivity index (χ0) is 48.1. The molecule has 11 aromatic carbocycles. The van der Waals surface area contributed by atoms with E-state index in [0.717, 1.165) is 61.8 Å². The number of nitrogens with zero attached hydrogens (tertiary/aromatic N) is 3. The van der Waals surface area contributed by atoms with Gasteiger partial charge in [-0.2, -0.15) is 0 Å². The summed E-state index contributed by atoms with van der Waals surface area (Å²) in [5.41, 5.74) is 18.0. The highest BCUT2D eigenvalue weighted by atomic mass is 31.2. The van der Waals surface area contributed by atoms with E-state index >= 15 is 4.57 Å². The van der Waals surface area contributed by atoms with Crippen molar-refractivity contribution < 1.29 is 4.57 Å². The van der Waals surface area contributed by atoms with Gasteiger partial charge < -0.3 is 4.90 Å². The lowest BCUT2D eigenvalue weighted by Crippen LogP contribution is -2.28. The molecular weight excluding hydrogens is 894 g/mol. The minimum Gasteiger partial charge on any atom is -0.310 e. The molecule has 0 aromatic heterocycles. The number of fused-ring (bicyclic) bond motifs is 4. The molecule has 1 aliphatic heterocycles. The Morgan fingerprint density at radius 3 is 1.31 bits per heavy atom. The summed E-state index contributed by atoms with van der Waals surface area (Å²) in [6, 6.07) is 103. The summed E-state index contributed by atoms with van der Waals surface area (Å²) in [6.45, 7) is 0. The number of anilines is 7. The van der Waals surface area contributed by atoms with Crippen LogP contribution in [0.5, 0.6) is 0 Å². The van der Waals surface area contributed by atoms with E-state index in [-0.39, 0.29) is 0 Å². The van der Waals surface area contributed by atoms with E-state index in [1.165, 1.54) is 38.9 Å². The van der Waals surface area contributed by atoms with Gasteiger partial charge in [0, 0.05) is 28.4 Å². The molecule has 2 aliphatic rings. The summed E-state index contributed by atoms with van der Waals surface area (Å²) in [5.74, 6) is 0. The molecule has 0 N–H and O–H groups in total. The molecule has 0 radical (unpaired) electrons. The number of hydrogen-bond donors (Lipinski definition) is 0. The van der Waals surface area contributed by atoms with Gasteiger partial charge in [-0.3, -0.25) is 13.9 Å². The van der Waals surface area contributed by atoms with Gasteiger partial charge in [-0.15, -0.1) is 0 Å². The first-order valence-corrected chi connectivity index (χ1v) is 26.1. The fourth-order valence-electron chi connectivity index (χ4n) is 11.3. The Balaban J connectivity index is 0.960. The van der Waals surface area contributed by atoms with Crippen molar-refractivity contribution in [2.75, 3.05) is 14.2 Å². The molecule has 1 heterocycles. The van der Waals surface area contributed by atoms with Crippen LogP contribution < -0.4 is 19.5 Å². The van der Waals surface area contributed by atoms with Gasteiger partial charge in [-0.05, 0) is 141 Å². The summed E-state index contributed by atoms with van der Waals surface area (Å²) < 4.78 is 20.4. The van der Waals surface area contributed by atoms with Gasteiger partial charge >= 0.3 is 7.44 Å². The maximum Gasteiger partial charge on any atom is 0.301 e. The predicted octanol–water partition coefficient (Wildman–Crippen LogP) is 17.7. The third-order valence-corrected chi connectivity index (χ3v) is 17.4. The normalized spacial score (nSPS) is 15.1. The van der Waals surface area contributed by atoms with Crippen molar-refractivity contribution in [1.29, 1.82) is 0 Å². The zero-order valence-electron chi connectivity index (χ0n) is 39.4. The highest BCUT2D eigenvalue weighted by Crippen LogP contribution is 2.70. The standard InChI is InChI=1S/C67H48N3OP/c71-72(60-31-17-6-18-32-60)69(57-27-13-4-14-28-57)65-46-39-52(47-66(65)70(72)58-29-15-5-16-30-58)51-37-42-56(43-38-51)68(55-40-35-50(36-41-55)49-21-7-1-8-22-49)59-44-45-62-61-33-19-20-34-63(61)67(64(62)48-59,53-23-9-2-10-24-53)54-25-11-3-12-26-54/h1-48H. The van der Waals surface area contributed by atoms with E-state index < -0.39 is 12.9 Å². The van der Waals surface area contributed by atoms with Crippen molar-refractivity contribution in [3.63, 3.8) is 0 Å². The fourth-order valence-corrected chi connectivity index (χ4v) is 14.3. The van der Waals surface area contributed by atoms with Crippen molar-refractivity contribution in [1.82, 2.24) is 0 Å². The van der Waals surface area contributed by atoms with Crippen LogP contribution in [0.3, 0.4) is 0 Å². The first kappa shape index (κ1) is 43.1. The Hall–Kier alpha value is -8.95. The van der Waals surface area contributed by atoms with E-state index in [9.17, 15) is 0 Å². The van der Waals surface area contributed by atoms with Gasteiger partial charge in [0.15, 0.2) is 0 Å². The summed E-state index contributed by atoms with van der Waals surface area (Å²) in [6.07, 6.45) is 0. The van der Waals surface area contributed by atoms with Crippen molar-refractivity contribution in [3.05, 3.63) is 313 Å². The Labute approximate surface area is 421 Å². The third kappa shape index (κ3) is 6.94. The Morgan fingerprint density at radius 2 is 0.736 bits per heavy atom. The van der Waals surface area contributed by atoms with Gasteiger partial charge in [0.2, 0.25) is 0 Å². The molecule has 5 heteroatoms. The molecule has 72 heavy (non-hydrogen) atoms. The fraction of sp³-hybridized carbons (Fsp3) is 0.0149. The van der Waals surface area contributed by atoms with E-state index in [2.05, 4.69) is 227 Å². The molecule has 1 aliphatic carbocycles. The summed E-state index contributed by atoms with van der Waals surface area (Å²) >= 11 is 0. The number of para-hydroxylation sites is 2. The predicted molar refractivity (Wildman–Crippen MR) is 300 cm³/mol. The van der Waals surface area contributed by atoms with Crippen LogP contribution in [0, 0.1) is 0 Å².